The van der Waals surface area contributed by atoms with Gasteiger partial charge in [-0.25, -0.2) is 4.98 Å². The molecule has 0 amide bonds. The van der Waals surface area contributed by atoms with Gasteiger partial charge >= 0.3 is 0 Å². The number of pyridine rings is 1. The molecule has 0 atom stereocenters. The predicted molar refractivity (Wildman–Crippen MR) is 82.3 cm³/mol. The van der Waals surface area contributed by atoms with Crippen molar-refractivity contribution in [2.45, 2.75) is 6.92 Å². The van der Waals surface area contributed by atoms with E-state index in [1.165, 1.54) is 12.1 Å². The molecule has 2 aromatic heterocycles. The van der Waals surface area contributed by atoms with Crippen molar-refractivity contribution < 1.29 is 4.92 Å². The molecule has 6 heteroatoms. The summed E-state index contributed by atoms with van der Waals surface area (Å²) in [5, 5.41) is 10.6. The second-order valence-electron chi connectivity index (χ2n) is 4.40. The average Bonchev–Trinajstić information content (AvgIpc) is 2.81. The molecule has 0 radical (unpaired) electrons. The molecule has 0 aliphatic rings. The number of rotatable bonds is 2. The Morgan fingerprint density at radius 2 is 1.90 bits per heavy atom. The molecular weight excluding hydrogens is 322 g/mol. The molecular formula is C14H12BrN3O2. The van der Waals surface area contributed by atoms with Crippen LogP contribution in [0.3, 0.4) is 0 Å². The first-order valence-electron chi connectivity index (χ1n) is 5.84. The molecule has 0 unspecified atom stereocenters. The minimum absolute atomic E-state index is 0. The Morgan fingerprint density at radius 1 is 1.20 bits per heavy atom. The third kappa shape index (κ3) is 2.55. The summed E-state index contributed by atoms with van der Waals surface area (Å²) in [5.74, 6) is 0. The Labute approximate surface area is 125 Å². The fourth-order valence-electron chi connectivity index (χ4n) is 1.98. The lowest BCUT2D eigenvalue weighted by molar-refractivity contribution is -0.384. The van der Waals surface area contributed by atoms with Gasteiger partial charge in [0.2, 0.25) is 0 Å². The zero-order valence-corrected chi connectivity index (χ0v) is 12.4. The molecule has 1 aromatic carbocycles. The zero-order chi connectivity index (χ0) is 13.4. The lowest BCUT2D eigenvalue weighted by Gasteiger charge is -1.95. The number of benzene rings is 1. The van der Waals surface area contributed by atoms with Crippen molar-refractivity contribution in [2.75, 3.05) is 0 Å². The van der Waals surface area contributed by atoms with Crippen LogP contribution in [0.25, 0.3) is 16.9 Å². The number of hydrogen-bond acceptors (Lipinski definition) is 3. The Bertz CT molecular complexity index is 766. The number of fused-ring (bicyclic) bond motifs is 1. The number of imidazole rings is 1. The topological polar surface area (TPSA) is 60.4 Å². The van der Waals surface area contributed by atoms with Crippen molar-refractivity contribution in [3.63, 3.8) is 0 Å². The van der Waals surface area contributed by atoms with Gasteiger partial charge in [-0.3, -0.25) is 10.1 Å². The fraction of sp³-hybridized carbons (Fsp3) is 0.0714. The Morgan fingerprint density at radius 3 is 2.55 bits per heavy atom. The van der Waals surface area contributed by atoms with Crippen molar-refractivity contribution in [3.8, 4) is 11.3 Å². The first-order valence-corrected chi connectivity index (χ1v) is 5.84. The van der Waals surface area contributed by atoms with E-state index in [9.17, 15) is 10.1 Å². The molecule has 102 valence electrons. The van der Waals surface area contributed by atoms with Gasteiger partial charge in [0.25, 0.3) is 5.69 Å². The smallest absolute Gasteiger partial charge is 0.269 e. The highest BCUT2D eigenvalue weighted by molar-refractivity contribution is 8.93. The molecule has 3 aromatic rings. The number of aryl methyl sites for hydroxylation is 1. The minimum atomic E-state index is -0.406. The summed E-state index contributed by atoms with van der Waals surface area (Å²) >= 11 is 0. The zero-order valence-electron chi connectivity index (χ0n) is 10.7. The average molecular weight is 334 g/mol. The minimum Gasteiger partial charge on any atom is -0.306 e. The van der Waals surface area contributed by atoms with Crippen molar-refractivity contribution in [1.82, 2.24) is 9.38 Å². The predicted octanol–water partition coefficient (Wildman–Crippen LogP) is 3.80. The Hall–Kier alpha value is -2.21. The molecule has 0 N–H and O–H groups in total. The highest BCUT2D eigenvalue weighted by atomic mass is 79.9. The van der Waals surface area contributed by atoms with Crippen molar-refractivity contribution in [1.29, 1.82) is 0 Å². The van der Waals surface area contributed by atoms with Gasteiger partial charge in [0, 0.05) is 30.1 Å². The number of hydrogen-bond donors (Lipinski definition) is 0. The number of halogens is 1. The van der Waals surface area contributed by atoms with Crippen LogP contribution in [0.15, 0.2) is 48.8 Å². The largest absolute Gasteiger partial charge is 0.306 e. The summed E-state index contributed by atoms with van der Waals surface area (Å²) in [5.41, 5.74) is 3.78. The van der Waals surface area contributed by atoms with Crippen molar-refractivity contribution in [2.24, 2.45) is 0 Å². The Balaban J connectivity index is 0.00000147. The standard InChI is InChI=1S/C14H11N3O2.BrH/c1-10-6-7-16-9-13(15-14(16)8-10)11-2-4-12(5-3-11)17(18)19;/h2-9H,1H3;1H. The molecule has 5 nitrogen and oxygen atoms in total. The van der Waals surface area contributed by atoms with Crippen LogP contribution in [0.1, 0.15) is 5.56 Å². The van der Waals surface area contributed by atoms with E-state index < -0.39 is 4.92 Å². The van der Waals surface area contributed by atoms with Crippen LogP contribution in [-0.4, -0.2) is 14.3 Å². The van der Waals surface area contributed by atoms with Gasteiger partial charge in [0.05, 0.1) is 10.6 Å². The van der Waals surface area contributed by atoms with Crippen LogP contribution in [0.5, 0.6) is 0 Å². The summed E-state index contributed by atoms with van der Waals surface area (Å²) in [7, 11) is 0. The van der Waals surface area contributed by atoms with Gasteiger partial charge in [0.1, 0.15) is 5.65 Å². The van der Waals surface area contributed by atoms with E-state index >= 15 is 0 Å². The van der Waals surface area contributed by atoms with Gasteiger partial charge in [-0.15, -0.1) is 17.0 Å². The van der Waals surface area contributed by atoms with Gasteiger partial charge in [-0.1, -0.05) is 0 Å². The maximum atomic E-state index is 10.6. The highest BCUT2D eigenvalue weighted by Crippen LogP contribution is 2.22. The summed E-state index contributed by atoms with van der Waals surface area (Å²) in [6.45, 7) is 2.01. The molecule has 0 saturated carbocycles. The quantitative estimate of drug-likeness (QED) is 0.529. The third-order valence-electron chi connectivity index (χ3n) is 2.99. The van der Waals surface area contributed by atoms with E-state index in [1.807, 2.05) is 35.9 Å². The van der Waals surface area contributed by atoms with Crippen LogP contribution in [-0.2, 0) is 0 Å². The molecule has 0 fully saturated rings. The van der Waals surface area contributed by atoms with E-state index in [-0.39, 0.29) is 22.7 Å². The van der Waals surface area contributed by atoms with Crippen molar-refractivity contribution in [3.05, 3.63) is 64.5 Å². The molecule has 0 bridgehead atoms. The number of aromatic nitrogens is 2. The molecule has 20 heavy (non-hydrogen) atoms. The third-order valence-corrected chi connectivity index (χ3v) is 2.99. The van der Waals surface area contributed by atoms with E-state index in [0.717, 1.165) is 22.5 Å². The fourth-order valence-corrected chi connectivity index (χ4v) is 1.98. The lowest BCUT2D eigenvalue weighted by Crippen LogP contribution is -1.87. The van der Waals surface area contributed by atoms with Crippen LogP contribution in [0.4, 0.5) is 5.69 Å². The highest BCUT2D eigenvalue weighted by Gasteiger charge is 2.08. The second kappa shape index (κ2) is 5.42. The summed E-state index contributed by atoms with van der Waals surface area (Å²) in [6.07, 6.45) is 3.86. The maximum Gasteiger partial charge on any atom is 0.269 e. The van der Waals surface area contributed by atoms with Gasteiger partial charge in [-0.2, -0.15) is 0 Å². The summed E-state index contributed by atoms with van der Waals surface area (Å²) < 4.78 is 1.93. The number of non-ortho nitro benzene ring substituents is 1. The second-order valence-corrected chi connectivity index (χ2v) is 4.40. The monoisotopic (exact) mass is 333 g/mol. The molecule has 3 rings (SSSR count). The lowest BCUT2D eigenvalue weighted by atomic mass is 10.1. The molecule has 0 aliphatic carbocycles. The first-order chi connectivity index (χ1) is 9.13. The van der Waals surface area contributed by atoms with E-state index in [0.29, 0.717) is 0 Å². The van der Waals surface area contributed by atoms with E-state index in [2.05, 4.69) is 4.98 Å². The van der Waals surface area contributed by atoms with Crippen LogP contribution < -0.4 is 0 Å². The van der Waals surface area contributed by atoms with Gasteiger partial charge in [-0.05, 0) is 36.8 Å². The maximum absolute atomic E-state index is 10.6. The Kier molecular flexibility index (Phi) is 3.85. The molecule has 2 heterocycles. The van der Waals surface area contributed by atoms with E-state index in [1.54, 1.807) is 12.1 Å². The van der Waals surface area contributed by atoms with Gasteiger partial charge < -0.3 is 4.40 Å². The first kappa shape index (κ1) is 14.2. The van der Waals surface area contributed by atoms with Crippen LogP contribution in [0.2, 0.25) is 0 Å². The van der Waals surface area contributed by atoms with Crippen molar-refractivity contribution >= 4 is 28.3 Å². The molecule has 0 spiro atoms. The van der Waals surface area contributed by atoms with Crippen LogP contribution >= 0.6 is 17.0 Å². The summed E-state index contributed by atoms with van der Waals surface area (Å²) in [4.78, 5) is 14.7. The summed E-state index contributed by atoms with van der Waals surface area (Å²) in [6, 6.07) is 10.4. The van der Waals surface area contributed by atoms with E-state index in [4.69, 9.17) is 0 Å². The normalized spacial score (nSPS) is 10.2. The van der Waals surface area contributed by atoms with Crippen LogP contribution in [0, 0.1) is 17.0 Å². The SMILES string of the molecule is Br.Cc1ccn2cc(-c3ccc([N+](=O)[O-])cc3)nc2c1. The molecule has 0 aliphatic heterocycles. The van der Waals surface area contributed by atoms with Gasteiger partial charge in [0.15, 0.2) is 0 Å². The number of nitro benzene ring substituents is 1. The number of nitro groups is 1. The molecule has 0 saturated heterocycles. The number of nitrogens with zero attached hydrogens (tertiary/aromatic N) is 3.